The summed E-state index contributed by atoms with van der Waals surface area (Å²) >= 11 is 0. The van der Waals surface area contributed by atoms with E-state index in [2.05, 4.69) is 43.4 Å². The zero-order valence-corrected chi connectivity index (χ0v) is 13.3. The lowest BCUT2D eigenvalue weighted by molar-refractivity contribution is 0.356. The van der Waals surface area contributed by atoms with Crippen LogP contribution in [0.3, 0.4) is 0 Å². The molecule has 112 valence electrons. The Morgan fingerprint density at radius 1 is 1.15 bits per heavy atom. The average molecular weight is 273 g/mol. The Morgan fingerprint density at radius 2 is 1.90 bits per heavy atom. The standard InChI is InChI=1S/C19H31N/c1-3-13-20-19(18-12-8-9-16(2)14-18)15-17-10-6-4-5-7-11-17/h8-9,12,14,17,19-20H,3-7,10-11,13,15H2,1-2H3. The zero-order valence-electron chi connectivity index (χ0n) is 13.3. The molecule has 0 radical (unpaired) electrons. The van der Waals surface area contributed by atoms with E-state index >= 15 is 0 Å². The molecule has 1 N–H and O–H groups in total. The van der Waals surface area contributed by atoms with Crippen LogP contribution < -0.4 is 5.32 Å². The van der Waals surface area contributed by atoms with Crippen LogP contribution in [0.25, 0.3) is 0 Å². The predicted octanol–water partition coefficient (Wildman–Crippen LogP) is 5.40. The van der Waals surface area contributed by atoms with Crippen molar-refractivity contribution in [1.82, 2.24) is 5.32 Å². The quantitative estimate of drug-likeness (QED) is 0.685. The SMILES string of the molecule is CCCNC(CC1CCCCCC1)c1cccc(C)c1. The minimum atomic E-state index is 0.554. The van der Waals surface area contributed by atoms with Gasteiger partial charge in [-0.2, -0.15) is 0 Å². The van der Waals surface area contributed by atoms with E-state index in [0.29, 0.717) is 6.04 Å². The van der Waals surface area contributed by atoms with Gasteiger partial charge in [-0.05, 0) is 37.8 Å². The van der Waals surface area contributed by atoms with Crippen molar-refractivity contribution < 1.29 is 0 Å². The lowest BCUT2D eigenvalue weighted by Gasteiger charge is -2.24. The maximum absolute atomic E-state index is 3.78. The van der Waals surface area contributed by atoms with Crippen molar-refractivity contribution in [3.63, 3.8) is 0 Å². The Hall–Kier alpha value is -0.820. The first-order valence-corrected chi connectivity index (χ1v) is 8.59. The van der Waals surface area contributed by atoms with Gasteiger partial charge in [0.1, 0.15) is 0 Å². The number of nitrogens with one attached hydrogen (secondary N) is 1. The maximum Gasteiger partial charge on any atom is 0.0322 e. The molecule has 1 aromatic carbocycles. The topological polar surface area (TPSA) is 12.0 Å². The lowest BCUT2D eigenvalue weighted by atomic mass is 9.89. The van der Waals surface area contributed by atoms with Crippen molar-refractivity contribution >= 4 is 0 Å². The van der Waals surface area contributed by atoms with Gasteiger partial charge in [0.05, 0.1) is 0 Å². The minimum absolute atomic E-state index is 0.554. The molecule has 1 heteroatoms. The first-order chi connectivity index (χ1) is 9.79. The molecule has 2 rings (SSSR count). The molecule has 1 aliphatic rings. The second-order valence-electron chi connectivity index (χ2n) is 6.51. The number of rotatable bonds is 6. The van der Waals surface area contributed by atoms with Gasteiger partial charge in [0, 0.05) is 6.04 Å². The minimum Gasteiger partial charge on any atom is -0.310 e. The third-order valence-electron chi connectivity index (χ3n) is 4.63. The molecule has 1 aliphatic carbocycles. The summed E-state index contributed by atoms with van der Waals surface area (Å²) in [6.45, 7) is 5.59. The Balaban J connectivity index is 2.02. The first-order valence-electron chi connectivity index (χ1n) is 8.59. The van der Waals surface area contributed by atoms with Gasteiger partial charge in [0.25, 0.3) is 0 Å². The molecule has 0 heterocycles. The van der Waals surface area contributed by atoms with Crippen LogP contribution in [0.2, 0.25) is 0 Å². The Bertz CT molecular complexity index is 377. The largest absolute Gasteiger partial charge is 0.310 e. The summed E-state index contributed by atoms with van der Waals surface area (Å²) < 4.78 is 0. The second-order valence-corrected chi connectivity index (χ2v) is 6.51. The van der Waals surface area contributed by atoms with E-state index in [1.165, 1.54) is 62.5 Å². The van der Waals surface area contributed by atoms with E-state index in [9.17, 15) is 0 Å². The van der Waals surface area contributed by atoms with E-state index in [0.717, 1.165) is 12.5 Å². The molecule has 0 aliphatic heterocycles. The Morgan fingerprint density at radius 3 is 2.55 bits per heavy atom. The molecular weight excluding hydrogens is 242 g/mol. The highest BCUT2D eigenvalue weighted by molar-refractivity contribution is 5.25. The van der Waals surface area contributed by atoms with Crippen LogP contribution in [-0.4, -0.2) is 6.54 Å². The fourth-order valence-electron chi connectivity index (χ4n) is 3.48. The molecule has 1 saturated carbocycles. The smallest absolute Gasteiger partial charge is 0.0322 e. The summed E-state index contributed by atoms with van der Waals surface area (Å²) in [6.07, 6.45) is 11.2. The molecular formula is C19H31N. The Kier molecular flexibility index (Phi) is 6.59. The van der Waals surface area contributed by atoms with E-state index in [1.807, 2.05) is 0 Å². The highest BCUT2D eigenvalue weighted by Crippen LogP contribution is 2.31. The average Bonchev–Trinajstić information content (AvgIpc) is 2.72. The summed E-state index contributed by atoms with van der Waals surface area (Å²) in [5, 5.41) is 3.78. The monoisotopic (exact) mass is 273 g/mol. The highest BCUT2D eigenvalue weighted by Gasteiger charge is 2.19. The molecule has 1 atom stereocenters. The van der Waals surface area contributed by atoms with Gasteiger partial charge in [-0.15, -0.1) is 0 Å². The molecule has 0 amide bonds. The summed E-state index contributed by atoms with van der Waals surface area (Å²) in [6, 6.07) is 9.63. The van der Waals surface area contributed by atoms with Crippen LogP contribution >= 0.6 is 0 Å². The normalized spacial score (nSPS) is 18.7. The van der Waals surface area contributed by atoms with Crippen molar-refractivity contribution in [2.24, 2.45) is 5.92 Å². The van der Waals surface area contributed by atoms with Crippen LogP contribution in [0, 0.1) is 12.8 Å². The van der Waals surface area contributed by atoms with Gasteiger partial charge in [0.15, 0.2) is 0 Å². The summed E-state index contributed by atoms with van der Waals surface area (Å²) in [5.74, 6) is 0.923. The van der Waals surface area contributed by atoms with Crippen LogP contribution in [0.5, 0.6) is 0 Å². The van der Waals surface area contributed by atoms with E-state index < -0.39 is 0 Å². The van der Waals surface area contributed by atoms with Gasteiger partial charge in [-0.1, -0.05) is 75.3 Å². The third kappa shape index (κ3) is 4.94. The number of benzene rings is 1. The second kappa shape index (κ2) is 8.46. The van der Waals surface area contributed by atoms with Crippen molar-refractivity contribution in [3.05, 3.63) is 35.4 Å². The van der Waals surface area contributed by atoms with Crippen molar-refractivity contribution in [3.8, 4) is 0 Å². The molecule has 1 fully saturated rings. The van der Waals surface area contributed by atoms with Gasteiger partial charge >= 0.3 is 0 Å². The van der Waals surface area contributed by atoms with E-state index in [4.69, 9.17) is 0 Å². The van der Waals surface area contributed by atoms with E-state index in [1.54, 1.807) is 0 Å². The van der Waals surface area contributed by atoms with Gasteiger partial charge in [-0.25, -0.2) is 0 Å². The van der Waals surface area contributed by atoms with Crippen LogP contribution in [0.1, 0.15) is 75.5 Å². The molecule has 0 bridgehead atoms. The Labute approximate surface area is 125 Å². The first kappa shape index (κ1) is 15.6. The zero-order chi connectivity index (χ0) is 14.2. The molecule has 0 saturated heterocycles. The summed E-state index contributed by atoms with van der Waals surface area (Å²) in [4.78, 5) is 0. The number of aryl methyl sites for hydroxylation is 1. The van der Waals surface area contributed by atoms with Crippen LogP contribution in [0.4, 0.5) is 0 Å². The summed E-state index contributed by atoms with van der Waals surface area (Å²) in [5.41, 5.74) is 2.87. The number of hydrogen-bond acceptors (Lipinski definition) is 1. The molecule has 20 heavy (non-hydrogen) atoms. The van der Waals surface area contributed by atoms with Crippen molar-refractivity contribution in [1.29, 1.82) is 0 Å². The maximum atomic E-state index is 3.78. The van der Waals surface area contributed by atoms with Crippen LogP contribution in [0.15, 0.2) is 24.3 Å². The molecule has 0 spiro atoms. The summed E-state index contributed by atoms with van der Waals surface area (Å²) in [7, 11) is 0. The molecule has 0 aromatic heterocycles. The highest BCUT2D eigenvalue weighted by atomic mass is 14.9. The third-order valence-corrected chi connectivity index (χ3v) is 4.63. The fraction of sp³-hybridized carbons (Fsp3) is 0.684. The van der Waals surface area contributed by atoms with Gasteiger partial charge in [0.2, 0.25) is 0 Å². The fourth-order valence-corrected chi connectivity index (χ4v) is 3.48. The predicted molar refractivity (Wildman–Crippen MR) is 88.0 cm³/mol. The van der Waals surface area contributed by atoms with Crippen molar-refractivity contribution in [2.75, 3.05) is 6.54 Å². The lowest BCUT2D eigenvalue weighted by Crippen LogP contribution is -2.24. The molecule has 1 nitrogen and oxygen atoms in total. The van der Waals surface area contributed by atoms with Crippen molar-refractivity contribution in [2.45, 2.75) is 71.3 Å². The van der Waals surface area contributed by atoms with Gasteiger partial charge in [-0.3, -0.25) is 0 Å². The molecule has 1 unspecified atom stereocenters. The van der Waals surface area contributed by atoms with E-state index in [-0.39, 0.29) is 0 Å². The molecule has 1 aromatic rings. The van der Waals surface area contributed by atoms with Gasteiger partial charge < -0.3 is 5.32 Å². The number of hydrogen-bond donors (Lipinski definition) is 1. The van der Waals surface area contributed by atoms with Crippen LogP contribution in [-0.2, 0) is 0 Å².